The summed E-state index contributed by atoms with van der Waals surface area (Å²) in [7, 11) is -2.05. The van der Waals surface area contributed by atoms with E-state index in [0.29, 0.717) is 37.7 Å². The number of anilines is 1. The zero-order valence-electron chi connectivity index (χ0n) is 16.0. The van der Waals surface area contributed by atoms with Gasteiger partial charge in [0.1, 0.15) is 5.75 Å². The molecule has 1 amide bonds. The van der Waals surface area contributed by atoms with Crippen molar-refractivity contribution >= 4 is 21.6 Å². The maximum absolute atomic E-state index is 12.8. The molecule has 1 aliphatic heterocycles. The number of rotatable bonds is 6. The van der Waals surface area contributed by atoms with E-state index in [1.165, 1.54) is 16.4 Å². The van der Waals surface area contributed by atoms with Crippen LogP contribution in [0.15, 0.2) is 47.4 Å². The van der Waals surface area contributed by atoms with E-state index in [-0.39, 0.29) is 17.2 Å². The van der Waals surface area contributed by atoms with Crippen molar-refractivity contribution in [2.24, 2.45) is 0 Å². The van der Waals surface area contributed by atoms with Crippen LogP contribution in [0.25, 0.3) is 0 Å². The van der Waals surface area contributed by atoms with Crippen LogP contribution in [0.4, 0.5) is 5.69 Å². The Balaban J connectivity index is 1.74. The van der Waals surface area contributed by atoms with E-state index in [4.69, 9.17) is 9.47 Å². The summed E-state index contributed by atoms with van der Waals surface area (Å²) in [5, 5.41) is 2.77. The van der Waals surface area contributed by atoms with Gasteiger partial charge >= 0.3 is 0 Å². The summed E-state index contributed by atoms with van der Waals surface area (Å²) in [5.74, 6) is 0.397. The van der Waals surface area contributed by atoms with Gasteiger partial charge in [0, 0.05) is 24.3 Å². The number of hydrogen-bond donors (Lipinski definition) is 1. The van der Waals surface area contributed by atoms with Crippen molar-refractivity contribution in [2.75, 3.05) is 38.7 Å². The number of morpholine rings is 1. The number of amides is 1. The molecule has 2 aromatic rings. The Morgan fingerprint density at radius 1 is 1.18 bits per heavy atom. The largest absolute Gasteiger partial charge is 0.496 e. The van der Waals surface area contributed by atoms with Gasteiger partial charge in [-0.15, -0.1) is 0 Å². The van der Waals surface area contributed by atoms with Crippen molar-refractivity contribution in [3.05, 3.63) is 53.6 Å². The Labute approximate surface area is 165 Å². The predicted molar refractivity (Wildman–Crippen MR) is 106 cm³/mol. The number of benzene rings is 2. The van der Waals surface area contributed by atoms with Crippen LogP contribution in [0.1, 0.15) is 11.1 Å². The lowest BCUT2D eigenvalue weighted by molar-refractivity contribution is -0.115. The number of ether oxygens (including phenoxy) is 2. The Hall–Kier alpha value is -2.42. The van der Waals surface area contributed by atoms with Crippen molar-refractivity contribution < 1.29 is 22.7 Å². The Bertz CT molecular complexity index is 953. The van der Waals surface area contributed by atoms with Crippen LogP contribution in [0.3, 0.4) is 0 Å². The van der Waals surface area contributed by atoms with Gasteiger partial charge in [0.2, 0.25) is 15.9 Å². The van der Waals surface area contributed by atoms with Gasteiger partial charge in [-0.25, -0.2) is 8.42 Å². The molecule has 0 spiro atoms. The smallest absolute Gasteiger partial charge is 0.243 e. The number of nitrogens with one attached hydrogen (secondary N) is 1. The van der Waals surface area contributed by atoms with Crippen LogP contribution in [0.5, 0.6) is 5.75 Å². The fourth-order valence-corrected chi connectivity index (χ4v) is 4.55. The minimum atomic E-state index is -3.61. The van der Waals surface area contributed by atoms with Gasteiger partial charge in [0.25, 0.3) is 0 Å². The standard InChI is InChI=1S/C20H24N2O5S/c1-15-6-7-19(26-2)16(12-15)13-20(23)21-17-4-3-5-18(14-17)28(24,25)22-8-10-27-11-9-22/h3-7,12,14H,8-11,13H2,1-2H3,(H,21,23). The minimum absolute atomic E-state index is 0.130. The Morgan fingerprint density at radius 2 is 1.93 bits per heavy atom. The molecule has 150 valence electrons. The summed E-state index contributed by atoms with van der Waals surface area (Å²) < 4.78 is 37.5. The molecule has 1 heterocycles. The lowest BCUT2D eigenvalue weighted by Gasteiger charge is -2.26. The fraction of sp³-hybridized carbons (Fsp3) is 0.350. The van der Waals surface area contributed by atoms with Gasteiger partial charge < -0.3 is 14.8 Å². The van der Waals surface area contributed by atoms with E-state index >= 15 is 0 Å². The number of nitrogens with zero attached hydrogens (tertiary/aromatic N) is 1. The summed E-state index contributed by atoms with van der Waals surface area (Å²) in [4.78, 5) is 12.6. The first-order chi connectivity index (χ1) is 13.4. The molecule has 8 heteroatoms. The third kappa shape index (κ3) is 4.70. The Morgan fingerprint density at radius 3 is 2.64 bits per heavy atom. The molecule has 0 bridgehead atoms. The van der Waals surface area contributed by atoms with Crippen LogP contribution >= 0.6 is 0 Å². The van der Waals surface area contributed by atoms with Gasteiger partial charge in [-0.2, -0.15) is 4.31 Å². The van der Waals surface area contributed by atoms with E-state index in [0.717, 1.165) is 11.1 Å². The molecule has 0 aliphatic carbocycles. The second-order valence-electron chi connectivity index (χ2n) is 6.58. The Kier molecular flexibility index (Phi) is 6.33. The predicted octanol–water partition coefficient (Wildman–Crippen LogP) is 2.21. The zero-order valence-corrected chi connectivity index (χ0v) is 16.8. The lowest BCUT2D eigenvalue weighted by atomic mass is 10.1. The van der Waals surface area contributed by atoms with Gasteiger partial charge in [-0.05, 0) is 31.2 Å². The van der Waals surface area contributed by atoms with E-state index in [9.17, 15) is 13.2 Å². The molecule has 0 saturated carbocycles. The van der Waals surface area contributed by atoms with Crippen molar-refractivity contribution in [2.45, 2.75) is 18.2 Å². The highest BCUT2D eigenvalue weighted by molar-refractivity contribution is 7.89. The SMILES string of the molecule is COc1ccc(C)cc1CC(=O)Nc1cccc(S(=O)(=O)N2CCOCC2)c1. The van der Waals surface area contributed by atoms with E-state index in [1.54, 1.807) is 19.2 Å². The van der Waals surface area contributed by atoms with Gasteiger partial charge in [0.05, 0.1) is 31.6 Å². The van der Waals surface area contributed by atoms with Crippen molar-refractivity contribution in [1.82, 2.24) is 4.31 Å². The third-order valence-electron chi connectivity index (χ3n) is 4.51. The highest BCUT2D eigenvalue weighted by Gasteiger charge is 2.26. The number of methoxy groups -OCH3 is 1. The minimum Gasteiger partial charge on any atom is -0.496 e. The molecular formula is C20H24N2O5S. The molecule has 0 unspecified atom stereocenters. The first-order valence-electron chi connectivity index (χ1n) is 9.01. The van der Waals surface area contributed by atoms with Crippen molar-refractivity contribution in [3.63, 3.8) is 0 Å². The molecule has 28 heavy (non-hydrogen) atoms. The maximum atomic E-state index is 12.8. The molecule has 0 atom stereocenters. The first-order valence-corrected chi connectivity index (χ1v) is 10.5. The number of carbonyl (C=O) groups is 1. The molecule has 1 N–H and O–H groups in total. The summed E-state index contributed by atoms with van der Waals surface area (Å²) in [6, 6.07) is 11.9. The highest BCUT2D eigenvalue weighted by Crippen LogP contribution is 2.23. The zero-order chi connectivity index (χ0) is 20.1. The topological polar surface area (TPSA) is 84.9 Å². The monoisotopic (exact) mass is 404 g/mol. The molecule has 1 saturated heterocycles. The van der Waals surface area contributed by atoms with E-state index < -0.39 is 10.0 Å². The number of sulfonamides is 1. The first kappa shape index (κ1) is 20.3. The quantitative estimate of drug-likeness (QED) is 0.798. The van der Waals surface area contributed by atoms with Crippen molar-refractivity contribution in [1.29, 1.82) is 0 Å². The van der Waals surface area contributed by atoms with Gasteiger partial charge in [-0.3, -0.25) is 4.79 Å². The molecular weight excluding hydrogens is 380 g/mol. The second kappa shape index (κ2) is 8.72. The number of carbonyl (C=O) groups excluding carboxylic acids is 1. The van der Waals surface area contributed by atoms with Crippen LogP contribution < -0.4 is 10.1 Å². The highest BCUT2D eigenvalue weighted by atomic mass is 32.2. The van der Waals surface area contributed by atoms with Gasteiger partial charge in [-0.1, -0.05) is 23.8 Å². The average molecular weight is 404 g/mol. The van der Waals surface area contributed by atoms with Crippen LogP contribution in [-0.2, 0) is 26.0 Å². The second-order valence-corrected chi connectivity index (χ2v) is 8.52. The normalized spacial score (nSPS) is 15.2. The third-order valence-corrected chi connectivity index (χ3v) is 6.41. The van der Waals surface area contributed by atoms with E-state index in [2.05, 4.69) is 5.32 Å². The maximum Gasteiger partial charge on any atom is 0.243 e. The number of aryl methyl sites for hydroxylation is 1. The lowest BCUT2D eigenvalue weighted by Crippen LogP contribution is -2.40. The molecule has 1 fully saturated rings. The summed E-state index contributed by atoms with van der Waals surface area (Å²) in [5.41, 5.74) is 2.24. The molecule has 2 aromatic carbocycles. The molecule has 7 nitrogen and oxygen atoms in total. The summed E-state index contributed by atoms with van der Waals surface area (Å²) in [6.45, 7) is 3.36. The molecule has 0 aromatic heterocycles. The summed E-state index contributed by atoms with van der Waals surface area (Å²) in [6.07, 6.45) is 0.130. The van der Waals surface area contributed by atoms with Crippen LogP contribution in [-0.4, -0.2) is 52.0 Å². The van der Waals surface area contributed by atoms with Crippen LogP contribution in [0.2, 0.25) is 0 Å². The van der Waals surface area contributed by atoms with Gasteiger partial charge in [0.15, 0.2) is 0 Å². The molecule has 3 rings (SSSR count). The van der Waals surface area contributed by atoms with E-state index in [1.807, 2.05) is 25.1 Å². The van der Waals surface area contributed by atoms with Crippen molar-refractivity contribution in [3.8, 4) is 5.75 Å². The molecule has 0 radical (unpaired) electrons. The average Bonchev–Trinajstić information content (AvgIpc) is 2.69. The number of hydrogen-bond acceptors (Lipinski definition) is 5. The fourth-order valence-electron chi connectivity index (χ4n) is 3.09. The molecule has 1 aliphatic rings. The van der Waals surface area contributed by atoms with Crippen LogP contribution in [0, 0.1) is 6.92 Å². The summed E-state index contributed by atoms with van der Waals surface area (Å²) >= 11 is 0.